The lowest BCUT2D eigenvalue weighted by Crippen LogP contribution is -2.09. The fourth-order valence-corrected chi connectivity index (χ4v) is 2.69. The Morgan fingerprint density at radius 2 is 1.81 bits per heavy atom. The van der Waals surface area contributed by atoms with Crippen molar-refractivity contribution in [1.29, 1.82) is 0 Å². The van der Waals surface area contributed by atoms with Crippen molar-refractivity contribution in [3.8, 4) is 0 Å². The maximum atomic E-state index is 12.2. The van der Waals surface area contributed by atoms with Crippen molar-refractivity contribution >= 4 is 23.3 Å². The first-order chi connectivity index (χ1) is 7.27. The molecule has 0 heterocycles. The maximum absolute atomic E-state index is 12.2. The van der Waals surface area contributed by atoms with E-state index in [0.717, 1.165) is 24.3 Å². The number of alkyl halides is 3. The minimum absolute atomic E-state index is 0.0593. The van der Waals surface area contributed by atoms with Crippen molar-refractivity contribution in [1.82, 2.24) is 0 Å². The summed E-state index contributed by atoms with van der Waals surface area (Å²) in [5, 5.41) is 0.0593. The first-order valence-corrected chi connectivity index (χ1v) is 6.92. The Morgan fingerprint density at radius 1 is 1.31 bits per heavy atom. The largest absolute Gasteiger partial charge is 0.416 e. The zero-order valence-corrected chi connectivity index (χ0v) is 9.94. The molecule has 0 N–H and O–H groups in total. The van der Waals surface area contributed by atoms with E-state index < -0.39 is 18.5 Å². The molecule has 0 bridgehead atoms. The molecular weight excluding hydrogens is 264 g/mol. The van der Waals surface area contributed by atoms with E-state index in [2.05, 4.69) is 0 Å². The van der Waals surface area contributed by atoms with Crippen LogP contribution in [-0.4, -0.2) is 6.61 Å². The molecule has 90 valence electrons. The summed E-state index contributed by atoms with van der Waals surface area (Å²) in [5.41, 5.74) is -0.815. The van der Waals surface area contributed by atoms with Crippen LogP contribution in [0.2, 0.25) is 0 Å². The average molecular weight is 273 g/mol. The zero-order valence-electron chi connectivity index (χ0n) is 8.29. The van der Waals surface area contributed by atoms with E-state index in [9.17, 15) is 17.7 Å². The van der Waals surface area contributed by atoms with Crippen LogP contribution in [0.1, 0.15) is 12.5 Å². The van der Waals surface area contributed by atoms with Crippen LogP contribution in [0.5, 0.6) is 0 Å². The van der Waals surface area contributed by atoms with Gasteiger partial charge in [-0.25, -0.2) is 0 Å². The Bertz CT molecular complexity index is 402. The van der Waals surface area contributed by atoms with E-state index in [4.69, 9.17) is 15.8 Å². The van der Waals surface area contributed by atoms with Crippen LogP contribution in [0.25, 0.3) is 0 Å². The van der Waals surface area contributed by atoms with E-state index in [-0.39, 0.29) is 11.9 Å². The summed E-state index contributed by atoms with van der Waals surface area (Å²) in [7, 11) is 0. The summed E-state index contributed by atoms with van der Waals surface area (Å²) in [5.74, 6) is 0. The Hall–Kier alpha value is -0.510. The minimum atomic E-state index is -4.42. The van der Waals surface area contributed by atoms with Gasteiger partial charge in [-0.2, -0.15) is 13.2 Å². The Morgan fingerprint density at radius 3 is 2.19 bits per heavy atom. The molecule has 0 saturated carbocycles. The highest BCUT2D eigenvalue weighted by Crippen LogP contribution is 2.51. The summed E-state index contributed by atoms with van der Waals surface area (Å²) >= 11 is 5.58. The van der Waals surface area contributed by atoms with Gasteiger partial charge in [0.1, 0.15) is 0 Å². The summed E-state index contributed by atoms with van der Waals surface area (Å²) in [6.45, 7) is -1.79. The Balaban J connectivity index is 3.00. The highest BCUT2D eigenvalue weighted by Gasteiger charge is 2.31. The number of halogens is 4. The fourth-order valence-electron chi connectivity index (χ4n) is 1.07. The topological polar surface area (TPSA) is 26.3 Å². The van der Waals surface area contributed by atoms with Gasteiger partial charge in [-0.05, 0) is 42.4 Å². The van der Waals surface area contributed by atoms with Crippen LogP contribution in [0.3, 0.4) is 0 Å². The molecule has 0 fully saturated rings. The molecule has 1 rings (SSSR count). The second kappa shape index (κ2) is 4.78. The predicted octanol–water partition coefficient (Wildman–Crippen LogP) is 3.80. The molecule has 1 aromatic rings. The normalized spacial score (nSPS) is 15.8. The van der Waals surface area contributed by atoms with Crippen LogP contribution >= 0.6 is 18.0 Å². The minimum Gasteiger partial charge on any atom is -0.315 e. The van der Waals surface area contributed by atoms with Gasteiger partial charge in [0.05, 0.1) is 17.5 Å². The number of hydrogen-bond donors (Lipinski definition) is 0. The monoisotopic (exact) mass is 272 g/mol. The first-order valence-electron chi connectivity index (χ1n) is 4.39. The summed E-state index contributed by atoms with van der Waals surface area (Å²) in [6.07, 6.45) is -4.42. The van der Waals surface area contributed by atoms with E-state index in [0.29, 0.717) is 0 Å². The number of benzene rings is 1. The Kier molecular flexibility index (Phi) is 4.05. The lowest BCUT2D eigenvalue weighted by atomic mass is 10.2. The van der Waals surface area contributed by atoms with Gasteiger partial charge >= 0.3 is 12.9 Å². The lowest BCUT2D eigenvalue weighted by Gasteiger charge is -2.11. The molecule has 0 aliphatic heterocycles. The van der Waals surface area contributed by atoms with Gasteiger partial charge in [0.25, 0.3) is 0 Å². The second-order valence-electron chi connectivity index (χ2n) is 2.94. The van der Waals surface area contributed by atoms with Crippen molar-refractivity contribution in [3.63, 3.8) is 0 Å². The Labute approximate surface area is 95.6 Å². The second-order valence-corrected chi connectivity index (χ2v) is 6.01. The third kappa shape index (κ3) is 3.24. The standard InChI is InChI=1S/C9H9ClF3O2P/c1-2-15-16(10,14)8-5-3-7(4-6-8)9(11,12)13/h3-6H,2H2,1H3. The van der Waals surface area contributed by atoms with Crippen LogP contribution in [0.4, 0.5) is 13.2 Å². The predicted molar refractivity (Wildman–Crippen MR) is 56.2 cm³/mol. The molecule has 7 heteroatoms. The molecule has 0 aromatic heterocycles. The van der Waals surface area contributed by atoms with Crippen molar-refractivity contribution in [2.45, 2.75) is 13.1 Å². The SMILES string of the molecule is CCOP(=O)(Cl)c1ccc(C(F)(F)F)cc1. The van der Waals surface area contributed by atoms with Crippen LogP contribution in [-0.2, 0) is 15.3 Å². The first kappa shape index (κ1) is 13.6. The van der Waals surface area contributed by atoms with E-state index in [1.165, 1.54) is 0 Å². The van der Waals surface area contributed by atoms with Gasteiger partial charge in [-0.3, -0.25) is 4.57 Å². The molecule has 0 amide bonds. The highest BCUT2D eigenvalue weighted by atomic mass is 35.7. The third-order valence-corrected chi connectivity index (χ3v) is 4.18. The molecule has 1 aromatic carbocycles. The molecule has 0 spiro atoms. The molecule has 2 nitrogen and oxygen atoms in total. The van der Waals surface area contributed by atoms with Gasteiger partial charge in [-0.1, -0.05) is 0 Å². The third-order valence-electron chi connectivity index (χ3n) is 1.80. The summed E-state index contributed by atoms with van der Waals surface area (Å²) < 4.78 is 53.1. The molecule has 0 aliphatic carbocycles. The van der Waals surface area contributed by atoms with Gasteiger partial charge in [0.2, 0.25) is 0 Å². The lowest BCUT2D eigenvalue weighted by molar-refractivity contribution is -0.137. The van der Waals surface area contributed by atoms with Crippen molar-refractivity contribution in [2.75, 3.05) is 6.61 Å². The molecule has 0 saturated heterocycles. The van der Waals surface area contributed by atoms with Gasteiger partial charge in [0.15, 0.2) is 0 Å². The van der Waals surface area contributed by atoms with Crippen LogP contribution in [0, 0.1) is 0 Å². The number of rotatable bonds is 3. The van der Waals surface area contributed by atoms with E-state index in [1.54, 1.807) is 6.92 Å². The molecule has 0 radical (unpaired) electrons. The van der Waals surface area contributed by atoms with Gasteiger partial charge < -0.3 is 4.52 Å². The van der Waals surface area contributed by atoms with Crippen LogP contribution < -0.4 is 5.30 Å². The summed E-state index contributed by atoms with van der Waals surface area (Å²) in [4.78, 5) is 0. The highest BCUT2D eigenvalue weighted by molar-refractivity contribution is 7.91. The van der Waals surface area contributed by atoms with Crippen molar-refractivity contribution < 1.29 is 22.3 Å². The zero-order chi connectivity index (χ0) is 12.4. The van der Waals surface area contributed by atoms with Gasteiger partial charge in [-0.15, -0.1) is 0 Å². The molecule has 1 unspecified atom stereocenters. The fraction of sp³-hybridized carbons (Fsp3) is 0.333. The smallest absolute Gasteiger partial charge is 0.315 e. The average Bonchev–Trinajstić information content (AvgIpc) is 2.16. The summed E-state index contributed by atoms with van der Waals surface area (Å²) in [6, 6.07) is 3.77. The van der Waals surface area contributed by atoms with E-state index >= 15 is 0 Å². The van der Waals surface area contributed by atoms with Crippen molar-refractivity contribution in [2.24, 2.45) is 0 Å². The number of hydrogen-bond acceptors (Lipinski definition) is 2. The molecule has 0 aliphatic rings. The molecule has 16 heavy (non-hydrogen) atoms. The van der Waals surface area contributed by atoms with Gasteiger partial charge in [0, 0.05) is 0 Å². The molecular formula is C9H9ClF3O2P. The molecule has 1 atom stereocenters. The quantitative estimate of drug-likeness (QED) is 0.782. The maximum Gasteiger partial charge on any atom is 0.416 e. The van der Waals surface area contributed by atoms with Crippen LogP contribution in [0.15, 0.2) is 24.3 Å². The van der Waals surface area contributed by atoms with Crippen molar-refractivity contribution in [3.05, 3.63) is 29.8 Å². The van der Waals surface area contributed by atoms with E-state index in [1.807, 2.05) is 0 Å².